The highest BCUT2D eigenvalue weighted by Crippen LogP contribution is 2.21. The molecule has 0 saturated heterocycles. The van der Waals surface area contributed by atoms with Crippen LogP contribution in [0.3, 0.4) is 0 Å². The molecule has 0 heterocycles. The van der Waals surface area contributed by atoms with Crippen LogP contribution < -0.4 is 10.5 Å². The zero-order valence-corrected chi connectivity index (χ0v) is 12.4. The van der Waals surface area contributed by atoms with Gasteiger partial charge in [-0.05, 0) is 42.2 Å². The Morgan fingerprint density at radius 1 is 1.00 bits per heavy atom. The van der Waals surface area contributed by atoms with Crippen molar-refractivity contribution in [3.8, 4) is 5.75 Å². The minimum atomic E-state index is 0.528. The number of ether oxygens (including phenoxy) is 1. The van der Waals surface area contributed by atoms with E-state index in [9.17, 15) is 0 Å². The summed E-state index contributed by atoms with van der Waals surface area (Å²) in [4.78, 5) is 0. The van der Waals surface area contributed by atoms with E-state index in [0.717, 1.165) is 35.2 Å². The maximum atomic E-state index is 5.77. The predicted octanol–water partition coefficient (Wildman–Crippen LogP) is 3.92. The number of aryl methyl sites for hydroxylation is 1. The Hall–Kier alpha value is -1.32. The SMILES string of the molecule is NCc1cc(Br)cc(OCCCc2ccccc2)c1. The molecule has 2 nitrogen and oxygen atoms in total. The molecular weight excluding hydrogens is 302 g/mol. The highest BCUT2D eigenvalue weighted by molar-refractivity contribution is 9.10. The summed E-state index contributed by atoms with van der Waals surface area (Å²) in [5.74, 6) is 0.878. The van der Waals surface area contributed by atoms with E-state index in [-0.39, 0.29) is 0 Å². The van der Waals surface area contributed by atoms with Crippen molar-refractivity contribution in [3.63, 3.8) is 0 Å². The van der Waals surface area contributed by atoms with Crippen molar-refractivity contribution < 1.29 is 4.74 Å². The zero-order chi connectivity index (χ0) is 13.5. The smallest absolute Gasteiger partial charge is 0.120 e. The van der Waals surface area contributed by atoms with Gasteiger partial charge in [0, 0.05) is 11.0 Å². The average Bonchev–Trinajstić information content (AvgIpc) is 2.44. The third-order valence-electron chi connectivity index (χ3n) is 2.89. The monoisotopic (exact) mass is 319 g/mol. The van der Waals surface area contributed by atoms with E-state index in [1.54, 1.807) is 0 Å². The number of halogens is 1. The molecule has 0 bridgehead atoms. The molecule has 0 fully saturated rings. The molecule has 0 aliphatic rings. The quantitative estimate of drug-likeness (QED) is 0.819. The van der Waals surface area contributed by atoms with Gasteiger partial charge in [-0.25, -0.2) is 0 Å². The van der Waals surface area contributed by atoms with E-state index in [0.29, 0.717) is 6.54 Å². The minimum Gasteiger partial charge on any atom is -0.494 e. The van der Waals surface area contributed by atoms with E-state index in [1.165, 1.54) is 5.56 Å². The molecule has 19 heavy (non-hydrogen) atoms. The summed E-state index contributed by atoms with van der Waals surface area (Å²) in [6.07, 6.45) is 2.05. The van der Waals surface area contributed by atoms with Gasteiger partial charge in [0.05, 0.1) is 6.61 Å². The van der Waals surface area contributed by atoms with Crippen LogP contribution >= 0.6 is 15.9 Å². The van der Waals surface area contributed by atoms with Gasteiger partial charge in [0.2, 0.25) is 0 Å². The van der Waals surface area contributed by atoms with Gasteiger partial charge < -0.3 is 10.5 Å². The summed E-state index contributed by atoms with van der Waals surface area (Å²) in [5.41, 5.74) is 8.07. The molecule has 0 amide bonds. The lowest BCUT2D eigenvalue weighted by molar-refractivity contribution is 0.310. The molecule has 0 aliphatic carbocycles. The first-order valence-corrected chi connectivity index (χ1v) is 7.23. The van der Waals surface area contributed by atoms with E-state index in [4.69, 9.17) is 10.5 Å². The Labute approximate surface area is 122 Å². The topological polar surface area (TPSA) is 35.2 Å². The van der Waals surface area contributed by atoms with Gasteiger partial charge in [-0.15, -0.1) is 0 Å². The summed E-state index contributed by atoms with van der Waals surface area (Å²) in [6, 6.07) is 16.4. The minimum absolute atomic E-state index is 0.528. The van der Waals surface area contributed by atoms with Crippen molar-refractivity contribution >= 4 is 15.9 Å². The van der Waals surface area contributed by atoms with E-state index in [2.05, 4.69) is 40.2 Å². The Morgan fingerprint density at radius 2 is 1.79 bits per heavy atom. The fourth-order valence-corrected chi connectivity index (χ4v) is 2.45. The summed E-state index contributed by atoms with van der Waals surface area (Å²) in [7, 11) is 0. The largest absolute Gasteiger partial charge is 0.494 e. The Kier molecular flexibility index (Phi) is 5.43. The molecule has 2 N–H and O–H groups in total. The number of hydrogen-bond acceptors (Lipinski definition) is 2. The van der Waals surface area contributed by atoms with Gasteiger partial charge in [-0.2, -0.15) is 0 Å². The molecule has 0 atom stereocenters. The van der Waals surface area contributed by atoms with Crippen molar-refractivity contribution in [2.45, 2.75) is 19.4 Å². The summed E-state index contributed by atoms with van der Waals surface area (Å²) in [5, 5.41) is 0. The number of benzene rings is 2. The van der Waals surface area contributed by atoms with Crippen LogP contribution in [0, 0.1) is 0 Å². The van der Waals surface area contributed by atoms with Crippen molar-refractivity contribution in [1.29, 1.82) is 0 Å². The van der Waals surface area contributed by atoms with Crippen LogP contribution in [0.25, 0.3) is 0 Å². The molecule has 100 valence electrons. The van der Waals surface area contributed by atoms with Gasteiger partial charge in [0.1, 0.15) is 5.75 Å². The molecule has 0 unspecified atom stereocenters. The van der Waals surface area contributed by atoms with Crippen LogP contribution in [0.15, 0.2) is 53.0 Å². The number of rotatable bonds is 6. The normalized spacial score (nSPS) is 10.4. The lowest BCUT2D eigenvalue weighted by atomic mass is 10.1. The standard InChI is InChI=1S/C16H18BrNO/c17-15-9-14(12-18)10-16(11-15)19-8-4-7-13-5-2-1-3-6-13/h1-3,5-6,9-11H,4,7-8,12,18H2. The highest BCUT2D eigenvalue weighted by Gasteiger charge is 2.00. The van der Waals surface area contributed by atoms with Gasteiger partial charge in [-0.3, -0.25) is 0 Å². The van der Waals surface area contributed by atoms with Crippen molar-refractivity contribution in [3.05, 3.63) is 64.1 Å². The maximum Gasteiger partial charge on any atom is 0.120 e. The Bertz CT molecular complexity index is 513. The van der Waals surface area contributed by atoms with Crippen LogP contribution in [-0.2, 0) is 13.0 Å². The Morgan fingerprint density at radius 3 is 2.53 bits per heavy atom. The maximum absolute atomic E-state index is 5.77. The van der Waals surface area contributed by atoms with Crippen molar-refractivity contribution in [2.75, 3.05) is 6.61 Å². The third-order valence-corrected chi connectivity index (χ3v) is 3.35. The van der Waals surface area contributed by atoms with Crippen LogP contribution in [0.2, 0.25) is 0 Å². The molecule has 2 aromatic rings. The second-order valence-corrected chi connectivity index (χ2v) is 5.35. The average molecular weight is 320 g/mol. The molecule has 0 spiro atoms. The van der Waals surface area contributed by atoms with E-state index < -0.39 is 0 Å². The van der Waals surface area contributed by atoms with Crippen LogP contribution in [0.1, 0.15) is 17.5 Å². The predicted molar refractivity (Wildman–Crippen MR) is 82.3 cm³/mol. The molecule has 0 radical (unpaired) electrons. The first kappa shape index (κ1) is 14.1. The second kappa shape index (κ2) is 7.31. The number of hydrogen-bond donors (Lipinski definition) is 1. The third kappa shape index (κ3) is 4.69. The number of nitrogens with two attached hydrogens (primary N) is 1. The highest BCUT2D eigenvalue weighted by atomic mass is 79.9. The lowest BCUT2D eigenvalue weighted by Gasteiger charge is -2.08. The summed E-state index contributed by atoms with van der Waals surface area (Å²) >= 11 is 3.46. The van der Waals surface area contributed by atoms with Gasteiger partial charge in [0.25, 0.3) is 0 Å². The zero-order valence-electron chi connectivity index (χ0n) is 10.8. The van der Waals surface area contributed by atoms with Crippen LogP contribution in [0.4, 0.5) is 0 Å². The fourth-order valence-electron chi connectivity index (χ4n) is 1.93. The molecule has 0 saturated carbocycles. The molecule has 0 aromatic heterocycles. The van der Waals surface area contributed by atoms with Crippen molar-refractivity contribution in [2.24, 2.45) is 5.73 Å². The van der Waals surface area contributed by atoms with E-state index >= 15 is 0 Å². The van der Waals surface area contributed by atoms with Gasteiger partial charge >= 0.3 is 0 Å². The van der Waals surface area contributed by atoms with E-state index in [1.807, 2.05) is 24.3 Å². The van der Waals surface area contributed by atoms with Gasteiger partial charge in [-0.1, -0.05) is 46.3 Å². The van der Waals surface area contributed by atoms with Crippen molar-refractivity contribution in [1.82, 2.24) is 0 Å². The second-order valence-electron chi connectivity index (χ2n) is 4.44. The molecule has 2 rings (SSSR count). The first-order chi connectivity index (χ1) is 9.28. The van der Waals surface area contributed by atoms with Gasteiger partial charge in [0.15, 0.2) is 0 Å². The van der Waals surface area contributed by atoms with Crippen LogP contribution in [-0.4, -0.2) is 6.61 Å². The lowest BCUT2D eigenvalue weighted by Crippen LogP contribution is -2.01. The fraction of sp³-hybridized carbons (Fsp3) is 0.250. The summed E-state index contributed by atoms with van der Waals surface area (Å²) in [6.45, 7) is 1.25. The molecular formula is C16H18BrNO. The molecule has 0 aliphatic heterocycles. The molecule has 3 heteroatoms. The molecule has 2 aromatic carbocycles. The summed E-state index contributed by atoms with van der Waals surface area (Å²) < 4.78 is 6.77. The first-order valence-electron chi connectivity index (χ1n) is 6.44. The Balaban J connectivity index is 1.81. The van der Waals surface area contributed by atoms with Crippen LogP contribution in [0.5, 0.6) is 5.75 Å².